The van der Waals surface area contributed by atoms with Crippen molar-refractivity contribution in [3.63, 3.8) is 0 Å². The molecule has 0 unspecified atom stereocenters. The number of halogens is 3. The number of sulfone groups is 1. The van der Waals surface area contributed by atoms with Crippen LogP contribution in [0, 0.1) is 0 Å². The summed E-state index contributed by atoms with van der Waals surface area (Å²) in [7, 11) is -3.73. The summed E-state index contributed by atoms with van der Waals surface area (Å²) in [6.45, 7) is 0. The molecule has 1 rings (SSSR count). The molecular formula is C8H10F3NO5S. The van der Waals surface area contributed by atoms with Crippen LogP contribution in [0.3, 0.4) is 0 Å². The maximum Gasteiger partial charge on any atom is 0.405 e. The van der Waals surface area contributed by atoms with E-state index in [0.29, 0.717) is 0 Å². The van der Waals surface area contributed by atoms with Gasteiger partial charge in [0.25, 0.3) is 0 Å². The number of alkyl halides is 3. The lowest BCUT2D eigenvalue weighted by Crippen LogP contribution is -2.44. The molecule has 0 aromatic rings. The lowest BCUT2D eigenvalue weighted by Gasteiger charge is -2.17. The minimum Gasteiger partial charge on any atom is -0.467 e. The molecule has 0 bridgehead atoms. The minimum absolute atomic E-state index is 0.938. The van der Waals surface area contributed by atoms with Crippen LogP contribution in [0.15, 0.2) is 0 Å². The number of carbonyl (C=O) groups is 2. The normalized spacial score (nSPS) is 28.1. The van der Waals surface area contributed by atoms with E-state index in [4.69, 9.17) is 0 Å². The highest BCUT2D eigenvalue weighted by atomic mass is 32.2. The fourth-order valence-electron chi connectivity index (χ4n) is 1.53. The molecule has 1 aliphatic rings. The van der Waals surface area contributed by atoms with Crippen LogP contribution < -0.4 is 5.32 Å². The number of carbonyl (C=O) groups excluding carboxylic acids is 2. The topological polar surface area (TPSA) is 89.5 Å². The monoisotopic (exact) mass is 289 g/mol. The third kappa shape index (κ3) is 3.12. The lowest BCUT2D eigenvalue weighted by atomic mass is 10.2. The van der Waals surface area contributed by atoms with E-state index < -0.39 is 51.4 Å². The standard InChI is InChI=1S/C8H10F3NO5S/c1-17-7(14)4-3-18(15,16)5(8(9,10)11)2-6(13)12-4/h4-5H,2-3H2,1H3,(H,12,13)/t4-,5-/m1/s1. The van der Waals surface area contributed by atoms with E-state index in [2.05, 4.69) is 4.74 Å². The Hall–Kier alpha value is -1.32. The molecule has 1 saturated heterocycles. The van der Waals surface area contributed by atoms with Crippen molar-refractivity contribution >= 4 is 21.7 Å². The lowest BCUT2D eigenvalue weighted by molar-refractivity contribution is -0.145. The number of hydrogen-bond donors (Lipinski definition) is 1. The minimum atomic E-state index is -5.05. The van der Waals surface area contributed by atoms with Gasteiger partial charge in [-0.05, 0) is 0 Å². The Morgan fingerprint density at radius 3 is 2.44 bits per heavy atom. The van der Waals surface area contributed by atoms with E-state index in [9.17, 15) is 31.2 Å². The molecule has 1 fully saturated rings. The van der Waals surface area contributed by atoms with Crippen LogP contribution in [0.1, 0.15) is 6.42 Å². The number of methoxy groups -OCH3 is 1. The van der Waals surface area contributed by atoms with Gasteiger partial charge in [0.1, 0.15) is 6.04 Å². The summed E-state index contributed by atoms with van der Waals surface area (Å²) in [4.78, 5) is 22.3. The molecule has 1 N–H and O–H groups in total. The van der Waals surface area contributed by atoms with Gasteiger partial charge in [-0.1, -0.05) is 0 Å². The van der Waals surface area contributed by atoms with E-state index in [1.54, 1.807) is 0 Å². The van der Waals surface area contributed by atoms with Gasteiger partial charge < -0.3 is 10.1 Å². The Balaban J connectivity index is 3.11. The summed E-state index contributed by atoms with van der Waals surface area (Å²) in [6.07, 6.45) is -6.31. The maximum absolute atomic E-state index is 12.5. The first-order valence-corrected chi connectivity index (χ1v) is 6.45. The maximum atomic E-state index is 12.5. The number of hydrogen-bond acceptors (Lipinski definition) is 5. The first kappa shape index (κ1) is 14.7. The van der Waals surface area contributed by atoms with Gasteiger partial charge in [-0.2, -0.15) is 13.2 Å². The fourth-order valence-corrected chi connectivity index (χ4v) is 3.26. The molecule has 18 heavy (non-hydrogen) atoms. The van der Waals surface area contributed by atoms with Crippen LogP contribution in [-0.2, 0) is 24.2 Å². The van der Waals surface area contributed by atoms with Gasteiger partial charge in [0.2, 0.25) is 5.91 Å². The average molecular weight is 289 g/mol. The van der Waals surface area contributed by atoms with Crippen molar-refractivity contribution in [2.75, 3.05) is 12.9 Å². The van der Waals surface area contributed by atoms with E-state index in [1.807, 2.05) is 5.32 Å². The van der Waals surface area contributed by atoms with Gasteiger partial charge in [-0.3, -0.25) is 4.79 Å². The number of ether oxygens (including phenoxy) is 1. The zero-order chi connectivity index (χ0) is 14.1. The van der Waals surface area contributed by atoms with Gasteiger partial charge >= 0.3 is 12.1 Å². The molecule has 1 amide bonds. The van der Waals surface area contributed by atoms with E-state index in [-0.39, 0.29) is 0 Å². The molecule has 0 radical (unpaired) electrons. The first-order valence-electron chi connectivity index (χ1n) is 4.73. The fraction of sp³-hybridized carbons (Fsp3) is 0.750. The zero-order valence-corrected chi connectivity index (χ0v) is 9.97. The van der Waals surface area contributed by atoms with Crippen LogP contribution >= 0.6 is 0 Å². The van der Waals surface area contributed by atoms with Crippen LogP contribution in [0.25, 0.3) is 0 Å². The Bertz CT molecular complexity index is 458. The van der Waals surface area contributed by atoms with E-state index in [1.165, 1.54) is 0 Å². The average Bonchev–Trinajstić information content (AvgIpc) is 2.33. The van der Waals surface area contributed by atoms with Gasteiger partial charge in [0.05, 0.1) is 19.3 Å². The molecule has 0 aromatic carbocycles. The third-order valence-corrected chi connectivity index (χ3v) is 4.49. The van der Waals surface area contributed by atoms with Gasteiger partial charge in [-0.15, -0.1) is 0 Å². The summed E-state index contributed by atoms with van der Waals surface area (Å²) in [6, 6.07) is -1.61. The second-order valence-electron chi connectivity index (χ2n) is 3.71. The second kappa shape index (κ2) is 4.75. The molecule has 0 spiro atoms. The van der Waals surface area contributed by atoms with Crippen molar-refractivity contribution < 1.29 is 35.9 Å². The molecular weight excluding hydrogens is 279 g/mol. The molecule has 1 heterocycles. The van der Waals surface area contributed by atoms with Gasteiger partial charge in [-0.25, -0.2) is 13.2 Å². The van der Waals surface area contributed by atoms with Crippen LogP contribution in [0.2, 0.25) is 0 Å². The van der Waals surface area contributed by atoms with Gasteiger partial charge in [0, 0.05) is 0 Å². The Morgan fingerprint density at radius 2 is 2.00 bits per heavy atom. The summed E-state index contributed by atoms with van der Waals surface area (Å²) < 4.78 is 64.8. The highest BCUT2D eigenvalue weighted by Crippen LogP contribution is 2.30. The second-order valence-corrected chi connectivity index (χ2v) is 5.94. The van der Waals surface area contributed by atoms with Crippen molar-refractivity contribution in [3.05, 3.63) is 0 Å². The summed E-state index contributed by atoms with van der Waals surface area (Å²) >= 11 is 0. The summed E-state index contributed by atoms with van der Waals surface area (Å²) in [5.74, 6) is -3.39. The quantitative estimate of drug-likeness (QED) is 0.651. The molecule has 1 aliphatic heterocycles. The molecule has 0 aromatic heterocycles. The number of esters is 1. The van der Waals surface area contributed by atoms with Crippen LogP contribution in [-0.4, -0.2) is 50.6 Å². The van der Waals surface area contributed by atoms with Crippen molar-refractivity contribution in [1.29, 1.82) is 0 Å². The number of amides is 1. The third-order valence-electron chi connectivity index (χ3n) is 2.39. The SMILES string of the molecule is COC(=O)[C@H]1CS(=O)(=O)[C@@H](C(F)(F)F)CC(=O)N1. The highest BCUT2D eigenvalue weighted by Gasteiger charge is 2.52. The predicted molar refractivity (Wildman–Crippen MR) is 52.2 cm³/mol. The number of nitrogens with one attached hydrogen (secondary N) is 1. The predicted octanol–water partition coefficient (Wildman–Crippen LogP) is -0.606. The van der Waals surface area contributed by atoms with Gasteiger partial charge in [0.15, 0.2) is 15.1 Å². The van der Waals surface area contributed by atoms with Crippen molar-refractivity contribution in [1.82, 2.24) is 5.32 Å². The van der Waals surface area contributed by atoms with Crippen molar-refractivity contribution in [2.24, 2.45) is 0 Å². The first-order chi connectivity index (χ1) is 8.08. The molecule has 0 saturated carbocycles. The van der Waals surface area contributed by atoms with Crippen molar-refractivity contribution in [3.8, 4) is 0 Å². The highest BCUT2D eigenvalue weighted by molar-refractivity contribution is 7.92. The largest absolute Gasteiger partial charge is 0.467 e. The Labute approximate surface area is 100 Å². The van der Waals surface area contributed by atoms with Crippen LogP contribution in [0.4, 0.5) is 13.2 Å². The Morgan fingerprint density at radius 1 is 1.44 bits per heavy atom. The van der Waals surface area contributed by atoms with E-state index >= 15 is 0 Å². The molecule has 10 heteroatoms. The molecule has 0 aliphatic carbocycles. The van der Waals surface area contributed by atoms with E-state index in [0.717, 1.165) is 7.11 Å². The molecule has 6 nitrogen and oxygen atoms in total. The molecule has 2 atom stereocenters. The molecule has 104 valence electrons. The summed E-state index contributed by atoms with van der Waals surface area (Å²) in [5.41, 5.74) is 0. The van der Waals surface area contributed by atoms with Crippen molar-refractivity contribution in [2.45, 2.75) is 23.9 Å². The smallest absolute Gasteiger partial charge is 0.405 e. The number of rotatable bonds is 1. The zero-order valence-electron chi connectivity index (χ0n) is 9.15. The summed E-state index contributed by atoms with van der Waals surface area (Å²) in [5, 5.41) is -0.897. The van der Waals surface area contributed by atoms with Crippen LogP contribution in [0.5, 0.6) is 0 Å². The Kier molecular flexibility index (Phi) is 3.89.